The summed E-state index contributed by atoms with van der Waals surface area (Å²) in [5.74, 6) is -15.7. The maximum absolute atomic E-state index is 15.0. The lowest BCUT2D eigenvalue weighted by Gasteiger charge is -2.25. The minimum Gasteiger partial charge on any atom is -0.194 e. The second-order valence-corrected chi connectivity index (χ2v) is 11.3. The van der Waals surface area contributed by atoms with E-state index in [1.807, 2.05) is 0 Å². The van der Waals surface area contributed by atoms with E-state index in [-0.39, 0.29) is 20.9 Å². The number of thiophene rings is 2. The summed E-state index contributed by atoms with van der Waals surface area (Å²) in [7, 11) is 0. The standard InChI is InChI=1S/C23H15BrF6S2/c1-4-13-5-7-14(8-6-13)17-9-15(11(2)31-17)19-20(16-10-18(24)32-12(16)3)22(27,28)23(29,30)21(19,25)26/h4-10H,1H2,2-3H3. The van der Waals surface area contributed by atoms with Gasteiger partial charge in [-0.3, -0.25) is 0 Å². The van der Waals surface area contributed by atoms with Gasteiger partial charge in [-0.2, -0.15) is 26.3 Å². The van der Waals surface area contributed by atoms with E-state index in [0.29, 0.717) is 14.2 Å². The first-order chi connectivity index (χ1) is 14.8. The number of rotatable bonds is 4. The second kappa shape index (κ2) is 7.60. The molecule has 0 spiro atoms. The monoisotopic (exact) mass is 548 g/mol. The first-order valence-corrected chi connectivity index (χ1v) is 11.7. The van der Waals surface area contributed by atoms with Crippen LogP contribution >= 0.6 is 38.6 Å². The summed E-state index contributed by atoms with van der Waals surface area (Å²) in [5, 5.41) is 0. The van der Waals surface area contributed by atoms with Gasteiger partial charge < -0.3 is 0 Å². The highest BCUT2D eigenvalue weighted by Gasteiger charge is 2.80. The molecule has 3 aromatic rings. The van der Waals surface area contributed by atoms with Crippen LogP contribution in [-0.4, -0.2) is 17.8 Å². The zero-order valence-corrected chi connectivity index (χ0v) is 19.9. The summed E-state index contributed by atoms with van der Waals surface area (Å²) >= 11 is 5.24. The molecule has 0 nitrogen and oxygen atoms in total. The first-order valence-electron chi connectivity index (χ1n) is 9.31. The maximum atomic E-state index is 15.0. The lowest BCUT2D eigenvalue weighted by molar-refractivity contribution is -0.254. The van der Waals surface area contributed by atoms with Crippen LogP contribution in [-0.2, 0) is 0 Å². The molecule has 0 N–H and O–H groups in total. The van der Waals surface area contributed by atoms with Crippen molar-refractivity contribution in [3.8, 4) is 10.4 Å². The average molecular weight is 549 g/mol. The minimum atomic E-state index is -5.56. The van der Waals surface area contributed by atoms with Crippen molar-refractivity contribution >= 4 is 55.8 Å². The van der Waals surface area contributed by atoms with Crippen molar-refractivity contribution in [2.75, 3.05) is 0 Å². The predicted octanol–water partition coefficient (Wildman–Crippen LogP) is 9.33. The topological polar surface area (TPSA) is 0 Å². The number of hydrogen-bond donors (Lipinski definition) is 0. The molecule has 9 heteroatoms. The molecule has 0 radical (unpaired) electrons. The van der Waals surface area contributed by atoms with Crippen LogP contribution in [0.25, 0.3) is 27.7 Å². The zero-order valence-electron chi connectivity index (χ0n) is 16.7. The molecule has 2 heterocycles. The Morgan fingerprint density at radius 1 is 0.812 bits per heavy atom. The van der Waals surface area contributed by atoms with Gasteiger partial charge in [0, 0.05) is 25.8 Å². The Morgan fingerprint density at radius 3 is 1.78 bits per heavy atom. The van der Waals surface area contributed by atoms with Crippen molar-refractivity contribution in [2.24, 2.45) is 0 Å². The van der Waals surface area contributed by atoms with E-state index in [1.165, 1.54) is 26.0 Å². The molecule has 2 aromatic heterocycles. The molecule has 0 fully saturated rings. The van der Waals surface area contributed by atoms with Gasteiger partial charge in [0.2, 0.25) is 0 Å². The fraction of sp³-hybridized carbons (Fsp3) is 0.217. The highest BCUT2D eigenvalue weighted by Crippen LogP contribution is 2.66. The zero-order chi connectivity index (χ0) is 23.6. The van der Waals surface area contributed by atoms with Crippen LogP contribution in [0.3, 0.4) is 0 Å². The molecular weight excluding hydrogens is 534 g/mol. The van der Waals surface area contributed by atoms with Crippen molar-refractivity contribution < 1.29 is 26.3 Å². The van der Waals surface area contributed by atoms with Crippen LogP contribution in [0.2, 0.25) is 0 Å². The average Bonchev–Trinajstić information content (AvgIpc) is 3.28. The van der Waals surface area contributed by atoms with Crippen molar-refractivity contribution in [1.82, 2.24) is 0 Å². The van der Waals surface area contributed by atoms with E-state index in [2.05, 4.69) is 22.5 Å². The third-order valence-electron chi connectivity index (χ3n) is 5.44. The fourth-order valence-corrected chi connectivity index (χ4v) is 6.51. The van der Waals surface area contributed by atoms with Gasteiger partial charge in [-0.05, 0) is 64.2 Å². The molecule has 0 bridgehead atoms. The highest BCUT2D eigenvalue weighted by molar-refractivity contribution is 9.11. The molecule has 1 aromatic carbocycles. The number of hydrogen-bond acceptors (Lipinski definition) is 2. The van der Waals surface area contributed by atoms with Crippen LogP contribution in [0.15, 0.2) is 46.8 Å². The Balaban J connectivity index is 2.00. The van der Waals surface area contributed by atoms with Gasteiger partial charge in [0.05, 0.1) is 3.79 Å². The van der Waals surface area contributed by atoms with Gasteiger partial charge in [0.1, 0.15) is 0 Å². The summed E-state index contributed by atoms with van der Waals surface area (Å²) in [4.78, 5) is 1.00. The Morgan fingerprint density at radius 2 is 1.31 bits per heavy atom. The van der Waals surface area contributed by atoms with Crippen molar-refractivity contribution in [2.45, 2.75) is 31.6 Å². The molecular formula is C23H15BrF6S2. The third-order valence-corrected chi connectivity index (χ3v) is 8.09. The minimum absolute atomic E-state index is 0.241. The molecule has 1 aliphatic carbocycles. The number of halogens is 7. The van der Waals surface area contributed by atoms with Gasteiger partial charge in [0.15, 0.2) is 0 Å². The molecule has 1 aliphatic rings. The fourth-order valence-electron chi connectivity index (χ4n) is 3.78. The molecule has 4 rings (SSSR count). The SMILES string of the molecule is C=Cc1ccc(-c2cc(C3=C(c4cc(Br)sc4C)C(F)(F)C(F)(F)C3(F)F)c(C)s2)cc1. The Bertz CT molecular complexity index is 1250. The van der Waals surface area contributed by atoms with E-state index < -0.39 is 28.9 Å². The number of aryl methyl sites for hydroxylation is 2. The summed E-state index contributed by atoms with van der Waals surface area (Å²) < 4.78 is 89.3. The van der Waals surface area contributed by atoms with Crippen LogP contribution in [0.1, 0.15) is 26.4 Å². The summed E-state index contributed by atoms with van der Waals surface area (Å²) in [6, 6.07) is 9.48. The van der Waals surface area contributed by atoms with Crippen LogP contribution in [0.5, 0.6) is 0 Å². The molecule has 0 unspecified atom stereocenters. The van der Waals surface area contributed by atoms with E-state index in [1.54, 1.807) is 30.3 Å². The van der Waals surface area contributed by atoms with Gasteiger partial charge in [0.25, 0.3) is 0 Å². The van der Waals surface area contributed by atoms with Gasteiger partial charge in [-0.25, -0.2) is 0 Å². The molecule has 0 aliphatic heterocycles. The first kappa shape index (κ1) is 23.3. The molecule has 0 saturated heterocycles. The summed E-state index contributed by atoms with van der Waals surface area (Å²) in [6.07, 6.45) is 1.64. The highest BCUT2D eigenvalue weighted by atomic mass is 79.9. The smallest absolute Gasteiger partial charge is 0.194 e. The van der Waals surface area contributed by atoms with E-state index in [9.17, 15) is 17.6 Å². The normalized spacial score (nSPS) is 18.9. The van der Waals surface area contributed by atoms with Gasteiger partial charge in [-0.1, -0.05) is 36.9 Å². The molecule has 0 saturated carbocycles. The predicted molar refractivity (Wildman–Crippen MR) is 123 cm³/mol. The van der Waals surface area contributed by atoms with Crippen LogP contribution in [0.4, 0.5) is 26.3 Å². The van der Waals surface area contributed by atoms with Crippen LogP contribution in [0, 0.1) is 13.8 Å². The van der Waals surface area contributed by atoms with Gasteiger partial charge >= 0.3 is 17.8 Å². The largest absolute Gasteiger partial charge is 0.380 e. The Kier molecular flexibility index (Phi) is 5.54. The number of benzene rings is 1. The summed E-state index contributed by atoms with van der Waals surface area (Å²) in [6.45, 7) is 6.56. The van der Waals surface area contributed by atoms with E-state index in [4.69, 9.17) is 0 Å². The molecule has 168 valence electrons. The number of allylic oxidation sites excluding steroid dienone is 2. The van der Waals surface area contributed by atoms with Crippen LogP contribution < -0.4 is 0 Å². The van der Waals surface area contributed by atoms with Crippen molar-refractivity contribution in [3.05, 3.63) is 73.2 Å². The van der Waals surface area contributed by atoms with Crippen molar-refractivity contribution in [3.63, 3.8) is 0 Å². The van der Waals surface area contributed by atoms with E-state index in [0.717, 1.165) is 28.2 Å². The van der Waals surface area contributed by atoms with E-state index >= 15 is 8.78 Å². The quantitative estimate of drug-likeness (QED) is 0.285. The number of alkyl halides is 6. The second-order valence-electron chi connectivity index (χ2n) is 7.40. The molecule has 0 amide bonds. The Hall–Kier alpha value is -1.84. The van der Waals surface area contributed by atoms with Crippen molar-refractivity contribution in [1.29, 1.82) is 0 Å². The van der Waals surface area contributed by atoms with Gasteiger partial charge in [-0.15, -0.1) is 22.7 Å². The third kappa shape index (κ3) is 3.23. The lowest BCUT2D eigenvalue weighted by Crippen LogP contribution is -2.48. The maximum Gasteiger partial charge on any atom is 0.380 e. The summed E-state index contributed by atoms with van der Waals surface area (Å²) in [5.41, 5.74) is -1.73. The molecule has 0 atom stereocenters. The Labute approximate surface area is 197 Å². The lowest BCUT2D eigenvalue weighted by atomic mass is 9.95. The molecule has 32 heavy (non-hydrogen) atoms.